The van der Waals surface area contributed by atoms with Crippen LogP contribution in [0.5, 0.6) is 0 Å². The van der Waals surface area contributed by atoms with E-state index in [1.54, 1.807) is 0 Å². The standard InChI is InChI=1S/C31H62O21S10.5Na/c32-58(33,34)21-16-53-11-1-6-47-26-27-28(48-7-2-12-54-17-22-59(35,36)37)29(49-8-3-13-55-18-23-60(38,39)40)30(50-9-4-14-56-19-24-61(41,42)43)31(52-27)51-10-5-15-57-20-25-62(44,45)46;;;;;/h27-31H,1-26H2,(H,32,33,34)(H,35,36,37)(H,38,39,40)(H,41,42,43)(H,44,45,46);;;;;/q;5*+1/p-5/t27-,28-,29+,30-,31-;;;;;/m1...../s1. The average molecular weight is 1200 g/mol. The van der Waals surface area contributed by atoms with Crippen LogP contribution in [0.1, 0.15) is 32.1 Å². The summed E-state index contributed by atoms with van der Waals surface area (Å²) >= 11 is 6.28. The molecule has 67 heavy (non-hydrogen) atoms. The fraction of sp³-hybridized carbons (Fsp3) is 1.00. The summed E-state index contributed by atoms with van der Waals surface area (Å²) in [5.74, 6) is 0.200. The van der Waals surface area contributed by atoms with Crippen molar-refractivity contribution in [1.82, 2.24) is 0 Å². The summed E-state index contributed by atoms with van der Waals surface area (Å²) in [6.07, 6.45) is -2.39. The first-order chi connectivity index (χ1) is 29.0. The molecule has 0 bridgehead atoms. The quantitative estimate of drug-likeness (QED) is 0.0312. The second-order valence-corrected chi connectivity index (χ2v) is 26.9. The Labute approximate surface area is 530 Å². The van der Waals surface area contributed by atoms with E-state index in [9.17, 15) is 64.9 Å². The van der Waals surface area contributed by atoms with Crippen LogP contribution in [0, 0.1) is 0 Å². The van der Waals surface area contributed by atoms with Gasteiger partial charge in [-0.15, -0.1) is 0 Å². The smallest absolute Gasteiger partial charge is 0.748 e. The first-order valence-corrected chi connectivity index (χ1v) is 32.9. The fourth-order valence-corrected chi connectivity index (χ4v) is 14.1. The van der Waals surface area contributed by atoms with Gasteiger partial charge in [0.2, 0.25) is 0 Å². The van der Waals surface area contributed by atoms with Crippen molar-refractivity contribution >= 4 is 109 Å². The molecular weight excluding hydrogens is 1140 g/mol. The van der Waals surface area contributed by atoms with E-state index in [0.29, 0.717) is 60.9 Å². The maximum absolute atomic E-state index is 11.0. The van der Waals surface area contributed by atoms with E-state index >= 15 is 0 Å². The van der Waals surface area contributed by atoms with E-state index in [0.717, 1.165) is 0 Å². The normalized spacial score (nSPS) is 19.0. The summed E-state index contributed by atoms with van der Waals surface area (Å²) in [6, 6.07) is 0. The third kappa shape index (κ3) is 52.5. The molecule has 1 aliphatic heterocycles. The van der Waals surface area contributed by atoms with Gasteiger partial charge in [0.05, 0.1) is 63.8 Å². The van der Waals surface area contributed by atoms with Crippen molar-refractivity contribution in [3.05, 3.63) is 0 Å². The molecular formula is C31H57Na5O21S10. The largest absolute Gasteiger partial charge is 1.00 e. The van der Waals surface area contributed by atoms with Gasteiger partial charge < -0.3 is 51.2 Å². The molecule has 0 amide bonds. The molecule has 0 spiro atoms. The fourth-order valence-electron chi connectivity index (χ4n) is 4.99. The molecule has 0 aromatic heterocycles. The zero-order valence-corrected chi connectivity index (χ0v) is 57.1. The predicted octanol–water partition coefficient (Wildman–Crippen LogP) is -14.7. The van der Waals surface area contributed by atoms with Gasteiger partial charge in [0.25, 0.3) is 0 Å². The summed E-state index contributed by atoms with van der Waals surface area (Å²) in [5.41, 5.74) is 0. The molecule has 0 aromatic rings. The summed E-state index contributed by atoms with van der Waals surface area (Å²) in [5, 5.41) is 0. The molecule has 0 saturated carbocycles. The third-order valence-corrected chi connectivity index (χ3v) is 17.9. The Morgan fingerprint density at radius 2 is 0.627 bits per heavy atom. The maximum Gasteiger partial charge on any atom is 1.00 e. The van der Waals surface area contributed by atoms with Crippen molar-refractivity contribution in [3.8, 4) is 0 Å². The van der Waals surface area contributed by atoms with Gasteiger partial charge in [-0.1, -0.05) is 0 Å². The van der Waals surface area contributed by atoms with E-state index in [1.165, 1.54) is 58.8 Å². The zero-order valence-electron chi connectivity index (χ0n) is 38.9. The predicted molar refractivity (Wildman–Crippen MR) is 237 cm³/mol. The Balaban J connectivity index is -0.00000256. The van der Waals surface area contributed by atoms with Gasteiger partial charge in [0, 0.05) is 84.0 Å². The molecule has 1 aliphatic rings. The van der Waals surface area contributed by atoms with Crippen molar-refractivity contribution in [1.29, 1.82) is 0 Å². The SMILES string of the molecule is O=S(=O)([O-])CCSCCCOC[C@H]1O[C@@H](OCCCSCCS(=O)(=O)[O-])[C@H](OCCCSCCS(=O)(=O)[O-])[C@@H](OCCCSCCS(=O)(=O)[O-])[C@@H]1OCCCSCCS(=O)(=O)[O-].[Na+].[Na+].[Na+].[Na+].[Na+]. The molecule has 0 N–H and O–H groups in total. The molecule has 1 saturated heterocycles. The molecule has 0 unspecified atom stereocenters. The Bertz CT molecular complexity index is 1760. The minimum absolute atomic E-state index is 0. The van der Waals surface area contributed by atoms with Gasteiger partial charge >= 0.3 is 148 Å². The molecule has 1 heterocycles. The molecule has 21 nitrogen and oxygen atoms in total. The Morgan fingerprint density at radius 1 is 0.358 bits per heavy atom. The molecule has 0 aromatic carbocycles. The van der Waals surface area contributed by atoms with E-state index in [-0.39, 0.29) is 216 Å². The van der Waals surface area contributed by atoms with Crippen LogP contribution < -0.4 is 148 Å². The van der Waals surface area contributed by atoms with Crippen molar-refractivity contribution in [2.45, 2.75) is 62.8 Å². The van der Waals surface area contributed by atoms with E-state index in [1.807, 2.05) is 0 Å². The van der Waals surface area contributed by atoms with Gasteiger partial charge in [-0.3, -0.25) is 0 Å². The van der Waals surface area contributed by atoms with E-state index in [4.69, 9.17) is 28.4 Å². The Morgan fingerprint density at radius 3 is 0.940 bits per heavy atom. The van der Waals surface area contributed by atoms with Gasteiger partial charge in [-0.2, -0.15) is 58.8 Å². The summed E-state index contributed by atoms with van der Waals surface area (Å²) in [7, 11) is -21.8. The topological polar surface area (TPSA) is 341 Å². The molecule has 1 fully saturated rings. The second kappa shape index (κ2) is 46.9. The van der Waals surface area contributed by atoms with Crippen LogP contribution in [0.15, 0.2) is 0 Å². The first-order valence-electron chi connectivity index (χ1n) is 19.2. The molecule has 0 radical (unpaired) electrons. The summed E-state index contributed by atoms with van der Waals surface area (Å²) in [6.45, 7) is 0.661. The maximum atomic E-state index is 11.0. The van der Waals surface area contributed by atoms with Gasteiger partial charge in [0.1, 0.15) is 24.4 Å². The van der Waals surface area contributed by atoms with Crippen LogP contribution in [-0.4, -0.2) is 221 Å². The summed E-state index contributed by atoms with van der Waals surface area (Å²) < 4.78 is 202. The number of hydrogen-bond acceptors (Lipinski definition) is 26. The Kier molecular flexibility index (Phi) is 57.4. The van der Waals surface area contributed by atoms with Crippen molar-refractivity contribution in [3.63, 3.8) is 0 Å². The Hall–Kier alpha value is 6.06. The number of hydrogen-bond donors (Lipinski definition) is 0. The molecule has 0 aliphatic carbocycles. The monoisotopic (exact) mass is 1200 g/mol. The molecule has 36 heteroatoms. The molecule has 1 rings (SSSR count). The van der Waals surface area contributed by atoms with Gasteiger partial charge in [-0.25, -0.2) is 42.1 Å². The van der Waals surface area contributed by atoms with Crippen LogP contribution >= 0.6 is 58.8 Å². The van der Waals surface area contributed by atoms with Crippen molar-refractivity contribution in [2.75, 3.05) is 126 Å². The zero-order chi connectivity index (χ0) is 46.5. The number of ether oxygens (including phenoxy) is 6. The van der Waals surface area contributed by atoms with Gasteiger partial charge in [-0.05, 0) is 60.9 Å². The van der Waals surface area contributed by atoms with Crippen molar-refractivity contribution < 1.29 is 241 Å². The van der Waals surface area contributed by atoms with E-state index in [2.05, 4.69) is 0 Å². The molecule has 5 atom stereocenters. The van der Waals surface area contributed by atoms with Gasteiger partial charge in [0.15, 0.2) is 6.29 Å². The first kappa shape index (κ1) is 81.9. The van der Waals surface area contributed by atoms with Crippen LogP contribution in [0.2, 0.25) is 0 Å². The number of thioether (sulfide) groups is 5. The second-order valence-electron chi connectivity index (χ2n) is 13.1. The van der Waals surface area contributed by atoms with Crippen LogP contribution in [0.3, 0.4) is 0 Å². The molecule has 372 valence electrons. The summed E-state index contributed by atoms with van der Waals surface area (Å²) in [4.78, 5) is 0. The van der Waals surface area contributed by atoms with Crippen molar-refractivity contribution in [2.24, 2.45) is 0 Å². The average Bonchev–Trinajstić information content (AvgIpc) is 3.13. The minimum Gasteiger partial charge on any atom is -0.748 e. The minimum atomic E-state index is -4.38. The van der Waals surface area contributed by atoms with Crippen LogP contribution in [-0.2, 0) is 79.0 Å². The third-order valence-electron chi connectivity index (χ3n) is 7.78. The van der Waals surface area contributed by atoms with Crippen LogP contribution in [0.4, 0.5) is 0 Å². The van der Waals surface area contributed by atoms with Crippen LogP contribution in [0.25, 0.3) is 0 Å². The van der Waals surface area contributed by atoms with E-state index < -0.39 is 110 Å². The number of rotatable bonds is 41.